The quantitative estimate of drug-likeness (QED) is 0.503. The van der Waals surface area contributed by atoms with Gasteiger partial charge < -0.3 is 23.7 Å². The number of nitrogens with zero attached hydrogens (tertiary/aromatic N) is 7. The first kappa shape index (κ1) is 21.7. The highest BCUT2D eigenvalue weighted by atomic mass is 35.5. The normalized spacial score (nSPS) is 17.1. The van der Waals surface area contributed by atoms with Crippen molar-refractivity contribution in [3.8, 4) is 11.3 Å². The van der Waals surface area contributed by atoms with Crippen LogP contribution in [0.4, 0.5) is 17.8 Å². The fraction of sp³-hybridized carbons (Fsp3) is 0.409. The van der Waals surface area contributed by atoms with Crippen LogP contribution in [0.5, 0.6) is 0 Å². The van der Waals surface area contributed by atoms with Crippen LogP contribution in [0.2, 0.25) is 5.02 Å². The minimum Gasteiger partial charge on any atom is -0.459 e. The molecule has 0 aliphatic carbocycles. The maximum atomic E-state index is 6.26. The second-order valence-electron chi connectivity index (χ2n) is 7.58. The molecule has 2 saturated heterocycles. The number of benzene rings is 1. The van der Waals surface area contributed by atoms with Gasteiger partial charge in [-0.15, -0.1) is 5.11 Å². The summed E-state index contributed by atoms with van der Waals surface area (Å²) in [6, 6.07) is 11.3. The first-order valence-electron chi connectivity index (χ1n) is 10.9. The monoisotopic (exact) mass is 469 g/mol. The number of rotatable bonds is 6. The molecule has 2 aliphatic rings. The summed E-state index contributed by atoms with van der Waals surface area (Å²) in [5.74, 6) is 2.80. The Labute approximate surface area is 196 Å². The summed E-state index contributed by atoms with van der Waals surface area (Å²) < 4.78 is 16.8. The van der Waals surface area contributed by atoms with Gasteiger partial charge in [0.2, 0.25) is 11.9 Å². The molecule has 10 nitrogen and oxygen atoms in total. The van der Waals surface area contributed by atoms with Crippen LogP contribution in [-0.4, -0.2) is 67.6 Å². The molecule has 2 aliphatic heterocycles. The summed E-state index contributed by atoms with van der Waals surface area (Å²) >= 11 is 6.26. The van der Waals surface area contributed by atoms with Crippen molar-refractivity contribution in [3.63, 3.8) is 0 Å². The fourth-order valence-electron chi connectivity index (χ4n) is 3.63. The van der Waals surface area contributed by atoms with Crippen molar-refractivity contribution in [2.75, 3.05) is 62.4 Å². The molecule has 2 fully saturated rings. The molecular formula is C22H24ClN7O3. The van der Waals surface area contributed by atoms with E-state index < -0.39 is 0 Å². The van der Waals surface area contributed by atoms with Gasteiger partial charge in [0.15, 0.2) is 0 Å². The van der Waals surface area contributed by atoms with Gasteiger partial charge in [-0.3, -0.25) is 0 Å². The molecule has 33 heavy (non-hydrogen) atoms. The number of aromatic nitrogens is 3. The van der Waals surface area contributed by atoms with Crippen molar-refractivity contribution in [2.24, 2.45) is 10.2 Å². The van der Waals surface area contributed by atoms with Crippen LogP contribution in [-0.2, 0) is 16.0 Å². The Balaban J connectivity index is 1.34. The average molecular weight is 470 g/mol. The van der Waals surface area contributed by atoms with Crippen molar-refractivity contribution in [2.45, 2.75) is 6.54 Å². The number of halogens is 1. The Morgan fingerprint density at radius 2 is 1.45 bits per heavy atom. The predicted molar refractivity (Wildman–Crippen MR) is 123 cm³/mol. The Bertz CT molecular complexity index is 1070. The number of hydrogen-bond acceptors (Lipinski definition) is 10. The molecule has 0 unspecified atom stereocenters. The van der Waals surface area contributed by atoms with E-state index in [1.165, 1.54) is 0 Å². The van der Waals surface area contributed by atoms with Gasteiger partial charge in [0.05, 0.1) is 31.5 Å². The molecular weight excluding hydrogens is 446 g/mol. The lowest BCUT2D eigenvalue weighted by Crippen LogP contribution is -2.39. The second kappa shape index (κ2) is 10.2. The zero-order valence-electron chi connectivity index (χ0n) is 18.1. The van der Waals surface area contributed by atoms with Crippen molar-refractivity contribution in [3.05, 3.63) is 47.2 Å². The van der Waals surface area contributed by atoms with Gasteiger partial charge in [-0.05, 0) is 24.3 Å². The number of ether oxygens (including phenoxy) is 2. The van der Waals surface area contributed by atoms with Gasteiger partial charge in [0.25, 0.3) is 5.95 Å². The molecule has 0 amide bonds. The zero-order chi connectivity index (χ0) is 22.5. The molecule has 0 radical (unpaired) electrons. The molecule has 0 atom stereocenters. The topological polar surface area (TPSA) is 101 Å². The van der Waals surface area contributed by atoms with E-state index in [-0.39, 0.29) is 12.5 Å². The van der Waals surface area contributed by atoms with E-state index in [2.05, 4.69) is 35.0 Å². The minimum atomic E-state index is 0.260. The van der Waals surface area contributed by atoms with Crippen molar-refractivity contribution < 1.29 is 13.9 Å². The van der Waals surface area contributed by atoms with E-state index in [1.54, 1.807) is 0 Å². The van der Waals surface area contributed by atoms with Gasteiger partial charge >= 0.3 is 0 Å². The van der Waals surface area contributed by atoms with Gasteiger partial charge in [0.1, 0.15) is 18.1 Å². The summed E-state index contributed by atoms with van der Waals surface area (Å²) in [6.07, 6.45) is 0. The lowest BCUT2D eigenvalue weighted by Gasteiger charge is -2.29. The van der Waals surface area contributed by atoms with Crippen molar-refractivity contribution >= 4 is 29.4 Å². The standard InChI is InChI=1S/C22H24ClN7O3/c23-18-4-2-1-3-17(18)19-6-5-16(33-19)15-24-28-20-25-21(29-7-11-31-12-8-29)27-22(26-20)30-9-13-32-14-10-30/h1-6H,7-15H2. The van der Waals surface area contributed by atoms with E-state index in [0.717, 1.165) is 31.7 Å². The summed E-state index contributed by atoms with van der Waals surface area (Å²) in [6.45, 7) is 5.71. The summed E-state index contributed by atoms with van der Waals surface area (Å²) in [5, 5.41) is 9.18. The average Bonchev–Trinajstić information content (AvgIpc) is 3.34. The number of azo groups is 1. The molecule has 0 N–H and O–H groups in total. The summed E-state index contributed by atoms with van der Waals surface area (Å²) in [7, 11) is 0. The van der Waals surface area contributed by atoms with E-state index in [4.69, 9.17) is 25.5 Å². The third-order valence-electron chi connectivity index (χ3n) is 5.38. The van der Waals surface area contributed by atoms with Crippen LogP contribution < -0.4 is 9.80 Å². The smallest absolute Gasteiger partial charge is 0.275 e. The SMILES string of the molecule is Clc1ccccc1-c1ccc(CN=Nc2nc(N3CCOCC3)nc(N3CCOCC3)n2)o1. The van der Waals surface area contributed by atoms with E-state index in [0.29, 0.717) is 54.9 Å². The Morgan fingerprint density at radius 3 is 2.09 bits per heavy atom. The maximum Gasteiger partial charge on any atom is 0.275 e. The van der Waals surface area contributed by atoms with Crippen molar-refractivity contribution in [1.82, 2.24) is 15.0 Å². The second-order valence-corrected chi connectivity index (χ2v) is 7.99. The van der Waals surface area contributed by atoms with Crippen LogP contribution >= 0.6 is 11.6 Å². The van der Waals surface area contributed by atoms with Crippen LogP contribution in [0.3, 0.4) is 0 Å². The Hall–Kier alpha value is -3.08. The molecule has 172 valence electrons. The van der Waals surface area contributed by atoms with Crippen molar-refractivity contribution in [1.29, 1.82) is 0 Å². The Morgan fingerprint density at radius 1 is 0.818 bits per heavy atom. The predicted octanol–water partition coefficient (Wildman–Crippen LogP) is 3.74. The third kappa shape index (κ3) is 5.29. The zero-order valence-corrected chi connectivity index (χ0v) is 18.8. The van der Waals surface area contributed by atoms with Gasteiger partial charge in [-0.2, -0.15) is 20.1 Å². The highest BCUT2D eigenvalue weighted by Gasteiger charge is 2.20. The highest BCUT2D eigenvalue weighted by Crippen LogP contribution is 2.29. The van der Waals surface area contributed by atoms with Gasteiger partial charge in [-0.1, -0.05) is 23.7 Å². The molecule has 0 saturated carbocycles. The number of anilines is 2. The van der Waals surface area contributed by atoms with Crippen LogP contribution in [0, 0.1) is 0 Å². The molecule has 5 rings (SSSR count). The van der Waals surface area contributed by atoms with Crippen LogP contribution in [0.25, 0.3) is 11.3 Å². The van der Waals surface area contributed by atoms with E-state index in [9.17, 15) is 0 Å². The van der Waals surface area contributed by atoms with Gasteiger partial charge in [-0.25, -0.2) is 0 Å². The minimum absolute atomic E-state index is 0.260. The lowest BCUT2D eigenvalue weighted by molar-refractivity contribution is 0.121. The molecule has 0 spiro atoms. The fourth-order valence-corrected chi connectivity index (χ4v) is 3.86. The Kier molecular flexibility index (Phi) is 6.75. The maximum absolute atomic E-state index is 6.26. The summed E-state index contributed by atoms with van der Waals surface area (Å²) in [4.78, 5) is 17.9. The number of hydrogen-bond donors (Lipinski definition) is 0. The molecule has 3 aromatic rings. The third-order valence-corrected chi connectivity index (χ3v) is 5.71. The summed E-state index contributed by atoms with van der Waals surface area (Å²) in [5.41, 5.74) is 0.838. The van der Waals surface area contributed by atoms with E-state index >= 15 is 0 Å². The van der Waals surface area contributed by atoms with Crippen LogP contribution in [0.1, 0.15) is 5.76 Å². The largest absolute Gasteiger partial charge is 0.459 e. The molecule has 4 heterocycles. The first-order valence-corrected chi connectivity index (χ1v) is 11.3. The molecule has 1 aromatic carbocycles. The molecule has 2 aromatic heterocycles. The number of furan rings is 1. The van der Waals surface area contributed by atoms with Crippen LogP contribution in [0.15, 0.2) is 51.0 Å². The first-order chi connectivity index (χ1) is 16.3. The van der Waals surface area contributed by atoms with Gasteiger partial charge in [0, 0.05) is 31.7 Å². The highest BCUT2D eigenvalue weighted by molar-refractivity contribution is 6.33. The molecule has 11 heteroatoms. The lowest BCUT2D eigenvalue weighted by atomic mass is 10.2. The molecule has 0 bridgehead atoms. The van der Waals surface area contributed by atoms with E-state index in [1.807, 2.05) is 36.4 Å². The number of morpholine rings is 2.